The Morgan fingerprint density at radius 1 is 1.26 bits per heavy atom. The quantitative estimate of drug-likeness (QED) is 0.874. The highest BCUT2D eigenvalue weighted by Crippen LogP contribution is 2.30. The molecule has 0 unspecified atom stereocenters. The van der Waals surface area contributed by atoms with Crippen LogP contribution in [-0.2, 0) is 16.1 Å². The van der Waals surface area contributed by atoms with E-state index in [4.69, 9.17) is 4.74 Å². The number of carbonyl (C=O) groups is 1. The first kappa shape index (κ1) is 18.2. The maximum absolute atomic E-state index is 11.6. The Morgan fingerprint density at radius 3 is 2.89 bits per heavy atom. The van der Waals surface area contributed by atoms with Gasteiger partial charge in [0.25, 0.3) is 0 Å². The van der Waals surface area contributed by atoms with Crippen LogP contribution in [0.1, 0.15) is 36.0 Å². The summed E-state index contributed by atoms with van der Waals surface area (Å²) in [7, 11) is 0. The minimum absolute atomic E-state index is 0.103. The lowest BCUT2D eigenvalue weighted by molar-refractivity contribution is -0.120. The Hall–Kier alpha value is -2.18. The highest BCUT2D eigenvalue weighted by Gasteiger charge is 2.37. The van der Waals surface area contributed by atoms with Crippen LogP contribution in [0.3, 0.4) is 0 Å². The summed E-state index contributed by atoms with van der Waals surface area (Å²) in [6, 6.07) is 6.53. The largest absolute Gasteiger partial charge is 0.373 e. The van der Waals surface area contributed by atoms with Crippen LogP contribution in [0.25, 0.3) is 11.3 Å². The fourth-order valence-electron chi connectivity index (χ4n) is 4.11. The summed E-state index contributed by atoms with van der Waals surface area (Å²) in [5.74, 6) is 0.103. The first-order chi connectivity index (χ1) is 13.0. The van der Waals surface area contributed by atoms with Gasteiger partial charge < -0.3 is 10.1 Å². The normalized spacial score (nSPS) is 20.4. The molecule has 2 aromatic rings. The summed E-state index contributed by atoms with van der Waals surface area (Å²) in [6.45, 7) is 8.24. The van der Waals surface area contributed by atoms with E-state index in [2.05, 4.69) is 52.5 Å². The number of aryl methyl sites for hydroxylation is 2. The molecule has 6 heteroatoms. The Labute approximate surface area is 160 Å². The van der Waals surface area contributed by atoms with Gasteiger partial charge in [-0.2, -0.15) is 5.10 Å². The van der Waals surface area contributed by atoms with Gasteiger partial charge in [0.1, 0.15) is 0 Å². The van der Waals surface area contributed by atoms with Crippen molar-refractivity contribution < 1.29 is 9.53 Å². The molecule has 0 radical (unpaired) electrons. The van der Waals surface area contributed by atoms with Gasteiger partial charge in [-0.3, -0.25) is 14.8 Å². The summed E-state index contributed by atoms with van der Waals surface area (Å²) in [5, 5.41) is 10.5. The Balaban J connectivity index is 1.44. The van der Waals surface area contributed by atoms with Gasteiger partial charge in [-0.1, -0.05) is 17.7 Å². The molecule has 0 saturated carbocycles. The van der Waals surface area contributed by atoms with E-state index in [1.807, 2.05) is 6.20 Å². The van der Waals surface area contributed by atoms with Crippen LogP contribution in [0.4, 0.5) is 0 Å². The first-order valence-electron chi connectivity index (χ1n) is 9.78. The number of aromatic amines is 1. The monoisotopic (exact) mass is 368 g/mol. The lowest BCUT2D eigenvalue weighted by Gasteiger charge is -2.40. The molecule has 144 valence electrons. The number of nitrogens with zero attached hydrogens (tertiary/aromatic N) is 2. The molecular weight excluding hydrogens is 340 g/mol. The zero-order valence-electron chi connectivity index (χ0n) is 16.2. The third-order valence-corrected chi connectivity index (χ3v) is 5.89. The molecule has 4 rings (SSSR count). The van der Waals surface area contributed by atoms with Crippen LogP contribution >= 0.6 is 0 Å². The van der Waals surface area contributed by atoms with E-state index in [9.17, 15) is 4.79 Å². The highest BCUT2D eigenvalue weighted by atomic mass is 16.5. The molecule has 0 atom stereocenters. The number of nitrogens with one attached hydrogen (secondary N) is 2. The number of aromatic nitrogens is 2. The zero-order valence-corrected chi connectivity index (χ0v) is 16.2. The number of hydrogen-bond donors (Lipinski definition) is 2. The summed E-state index contributed by atoms with van der Waals surface area (Å²) in [5.41, 5.74) is 5.90. The van der Waals surface area contributed by atoms with Crippen molar-refractivity contribution in [2.75, 3.05) is 26.2 Å². The van der Waals surface area contributed by atoms with Gasteiger partial charge >= 0.3 is 0 Å². The Bertz CT molecular complexity index is 821. The maximum atomic E-state index is 11.6. The number of likely N-dealkylation sites (tertiary alicyclic amines) is 1. The molecule has 27 heavy (non-hydrogen) atoms. The standard InChI is InChI=1S/C21H28N4O2/c1-15-3-4-16(2)18(11-15)20-17(12-23-24-20)13-25-8-6-21(7-9-25)14-22-19(26)5-10-27-21/h3-4,11-12H,5-10,13-14H2,1-2H3,(H,22,26)(H,23,24). The number of benzene rings is 1. The van der Waals surface area contributed by atoms with Crippen LogP contribution in [0.15, 0.2) is 24.4 Å². The number of carbonyl (C=O) groups excluding carboxylic acids is 1. The Morgan fingerprint density at radius 2 is 2.07 bits per heavy atom. The van der Waals surface area contributed by atoms with E-state index in [-0.39, 0.29) is 11.5 Å². The fourth-order valence-corrected chi connectivity index (χ4v) is 4.11. The first-order valence-corrected chi connectivity index (χ1v) is 9.78. The van der Waals surface area contributed by atoms with E-state index < -0.39 is 0 Å². The molecule has 2 saturated heterocycles. The summed E-state index contributed by atoms with van der Waals surface area (Å²) >= 11 is 0. The molecule has 2 aliphatic heterocycles. The summed E-state index contributed by atoms with van der Waals surface area (Å²) in [4.78, 5) is 14.1. The average Bonchev–Trinajstić information content (AvgIpc) is 3.04. The summed E-state index contributed by atoms with van der Waals surface area (Å²) < 4.78 is 6.08. The van der Waals surface area contributed by atoms with Gasteiger partial charge in [0.05, 0.1) is 24.1 Å². The van der Waals surface area contributed by atoms with Gasteiger partial charge in [-0.15, -0.1) is 0 Å². The van der Waals surface area contributed by atoms with E-state index in [1.165, 1.54) is 22.3 Å². The predicted octanol–water partition coefficient (Wildman–Crippen LogP) is 2.56. The third kappa shape index (κ3) is 3.92. The van der Waals surface area contributed by atoms with Crippen molar-refractivity contribution in [1.29, 1.82) is 0 Å². The van der Waals surface area contributed by atoms with Gasteiger partial charge in [0.2, 0.25) is 5.91 Å². The number of ether oxygens (including phenoxy) is 1. The topological polar surface area (TPSA) is 70.2 Å². The molecule has 3 heterocycles. The molecular formula is C21H28N4O2. The number of rotatable bonds is 3. The minimum atomic E-state index is -0.185. The molecule has 2 N–H and O–H groups in total. The SMILES string of the molecule is Cc1ccc(C)c(-c2[nH]ncc2CN2CCC3(CC2)CNC(=O)CCO3)c1. The molecule has 2 fully saturated rings. The fraction of sp³-hybridized carbons (Fsp3) is 0.524. The molecule has 6 nitrogen and oxygen atoms in total. The van der Waals surface area contributed by atoms with Crippen molar-refractivity contribution in [2.45, 2.75) is 45.3 Å². The van der Waals surface area contributed by atoms with Crippen molar-refractivity contribution in [3.8, 4) is 11.3 Å². The highest BCUT2D eigenvalue weighted by molar-refractivity contribution is 5.76. The third-order valence-electron chi connectivity index (χ3n) is 5.89. The van der Waals surface area contributed by atoms with Gasteiger partial charge in [-0.05, 0) is 38.3 Å². The van der Waals surface area contributed by atoms with Crippen molar-refractivity contribution in [1.82, 2.24) is 20.4 Å². The number of H-pyrrole nitrogens is 1. The second-order valence-corrected chi connectivity index (χ2v) is 7.92. The van der Waals surface area contributed by atoms with E-state index in [0.29, 0.717) is 19.6 Å². The Kier molecular flexibility index (Phi) is 5.02. The van der Waals surface area contributed by atoms with Crippen LogP contribution in [0.2, 0.25) is 0 Å². The van der Waals surface area contributed by atoms with Gasteiger partial charge in [0, 0.05) is 43.7 Å². The molecule has 0 aliphatic carbocycles. The number of amides is 1. The molecule has 1 aromatic heterocycles. The van der Waals surface area contributed by atoms with Crippen LogP contribution in [-0.4, -0.2) is 52.8 Å². The van der Waals surface area contributed by atoms with E-state index >= 15 is 0 Å². The molecule has 1 amide bonds. The van der Waals surface area contributed by atoms with Crippen LogP contribution in [0.5, 0.6) is 0 Å². The average molecular weight is 368 g/mol. The second-order valence-electron chi connectivity index (χ2n) is 7.92. The van der Waals surface area contributed by atoms with Crippen LogP contribution in [0, 0.1) is 13.8 Å². The summed E-state index contributed by atoms with van der Waals surface area (Å²) in [6.07, 6.45) is 4.32. The van der Waals surface area contributed by atoms with Crippen molar-refractivity contribution in [2.24, 2.45) is 0 Å². The molecule has 2 aliphatic rings. The molecule has 0 bridgehead atoms. The maximum Gasteiger partial charge on any atom is 0.222 e. The van der Waals surface area contributed by atoms with E-state index in [1.54, 1.807) is 0 Å². The predicted molar refractivity (Wildman–Crippen MR) is 104 cm³/mol. The van der Waals surface area contributed by atoms with Crippen molar-refractivity contribution in [3.63, 3.8) is 0 Å². The smallest absolute Gasteiger partial charge is 0.222 e. The van der Waals surface area contributed by atoms with Crippen molar-refractivity contribution in [3.05, 3.63) is 41.1 Å². The van der Waals surface area contributed by atoms with Crippen molar-refractivity contribution >= 4 is 5.91 Å². The van der Waals surface area contributed by atoms with E-state index in [0.717, 1.165) is 38.2 Å². The lowest BCUT2D eigenvalue weighted by Crippen LogP contribution is -2.50. The zero-order chi connectivity index (χ0) is 18.9. The number of piperidine rings is 1. The van der Waals surface area contributed by atoms with Gasteiger partial charge in [-0.25, -0.2) is 0 Å². The van der Waals surface area contributed by atoms with Crippen LogP contribution < -0.4 is 5.32 Å². The second kappa shape index (κ2) is 7.44. The molecule has 1 aromatic carbocycles. The number of hydrogen-bond acceptors (Lipinski definition) is 4. The lowest BCUT2D eigenvalue weighted by atomic mass is 9.90. The molecule has 1 spiro atoms. The van der Waals surface area contributed by atoms with Gasteiger partial charge in [0.15, 0.2) is 0 Å². The minimum Gasteiger partial charge on any atom is -0.373 e.